The molecule has 2 amide bonds. The van der Waals surface area contributed by atoms with E-state index in [1.165, 1.54) is 19.3 Å². The minimum absolute atomic E-state index is 0.0751. The number of aromatic nitrogens is 1. The molecular formula is C24H36N5O4+. The van der Waals surface area contributed by atoms with Gasteiger partial charge in [-0.3, -0.25) is 24.8 Å². The van der Waals surface area contributed by atoms with Crippen LogP contribution in [0.3, 0.4) is 0 Å². The number of ketones is 1. The summed E-state index contributed by atoms with van der Waals surface area (Å²) >= 11 is 0. The highest BCUT2D eigenvalue weighted by Gasteiger charge is 2.40. The molecule has 3 rings (SSSR count). The number of amides is 2. The first-order valence-electron chi connectivity index (χ1n) is 11.6. The van der Waals surface area contributed by atoms with Gasteiger partial charge in [0.2, 0.25) is 23.3 Å². The van der Waals surface area contributed by atoms with Crippen molar-refractivity contribution in [2.75, 3.05) is 25.0 Å². The van der Waals surface area contributed by atoms with Gasteiger partial charge in [0.25, 0.3) is 0 Å². The van der Waals surface area contributed by atoms with Gasteiger partial charge in [0.15, 0.2) is 0 Å². The molecule has 5 N–H and O–H groups in total. The van der Waals surface area contributed by atoms with Gasteiger partial charge in [-0.05, 0) is 37.2 Å². The molecule has 0 unspecified atom stereocenters. The molecule has 1 aromatic rings. The Morgan fingerprint density at radius 2 is 2.09 bits per heavy atom. The van der Waals surface area contributed by atoms with E-state index in [0.29, 0.717) is 24.2 Å². The fraction of sp³-hybridized carbons (Fsp3) is 0.625. The van der Waals surface area contributed by atoms with Gasteiger partial charge in [-0.25, -0.2) is 0 Å². The van der Waals surface area contributed by atoms with E-state index >= 15 is 0 Å². The van der Waals surface area contributed by atoms with E-state index in [4.69, 9.17) is 5.41 Å². The predicted molar refractivity (Wildman–Crippen MR) is 124 cm³/mol. The molecule has 0 spiro atoms. The molecule has 3 atom stereocenters. The van der Waals surface area contributed by atoms with Gasteiger partial charge < -0.3 is 20.6 Å². The topological polar surface area (TPSA) is 137 Å². The van der Waals surface area contributed by atoms with Gasteiger partial charge in [0.1, 0.15) is 6.04 Å². The first-order valence-corrected chi connectivity index (χ1v) is 11.6. The molecule has 1 aliphatic carbocycles. The lowest BCUT2D eigenvalue weighted by Gasteiger charge is -2.36. The monoisotopic (exact) mass is 458 g/mol. The minimum atomic E-state index is -0.608. The number of aliphatic hydroxyl groups excluding tert-OH is 1. The predicted octanol–water partition coefficient (Wildman–Crippen LogP) is -0.0749. The Bertz CT molecular complexity index is 916. The van der Waals surface area contributed by atoms with E-state index in [2.05, 4.69) is 29.5 Å². The Balaban J connectivity index is 1.66. The summed E-state index contributed by atoms with van der Waals surface area (Å²) in [7, 11) is 0. The standard InChI is InChI=1S/C24H35N5O4/c1-15(31)22(25)18-6-8-26-11-19(18)27-12-21(32)29-13-16(14-30)9-20(29)23(33)28-17-5-4-7-24(2,3)10-17/h6,8,11,16-17,20,25,27,30H,4-5,7,9-10,12-14H2,1-3H3,(H,28,33)/p+1/t16-,17+,20-/m0/s1. The molecule has 33 heavy (non-hydrogen) atoms. The minimum Gasteiger partial charge on any atom is -0.396 e. The molecule has 1 saturated heterocycles. The molecule has 2 fully saturated rings. The SMILES string of the molecule is CC(=O)C(=[NH2+])c1ccncc1NCC(=O)N1C[C@@H](CO)C[C@H]1C(=O)N[C@@H]1CCCC(C)(C)C1. The Morgan fingerprint density at radius 1 is 1.33 bits per heavy atom. The van der Waals surface area contributed by atoms with Crippen molar-refractivity contribution < 1.29 is 24.9 Å². The molecule has 0 bridgehead atoms. The Kier molecular flexibility index (Phi) is 7.84. The summed E-state index contributed by atoms with van der Waals surface area (Å²) < 4.78 is 0. The highest BCUT2D eigenvalue weighted by molar-refractivity contribution is 6.43. The zero-order valence-corrected chi connectivity index (χ0v) is 19.8. The molecule has 9 nitrogen and oxygen atoms in total. The lowest BCUT2D eigenvalue weighted by molar-refractivity contribution is -0.137. The van der Waals surface area contributed by atoms with Crippen LogP contribution in [-0.2, 0) is 14.4 Å². The van der Waals surface area contributed by atoms with Crippen molar-refractivity contribution in [1.29, 1.82) is 0 Å². The molecule has 9 heteroatoms. The van der Waals surface area contributed by atoms with Crippen LogP contribution in [0.1, 0.15) is 58.4 Å². The number of carbonyl (C=O) groups is 3. The van der Waals surface area contributed by atoms with E-state index in [9.17, 15) is 19.5 Å². The van der Waals surface area contributed by atoms with Crippen LogP contribution >= 0.6 is 0 Å². The van der Waals surface area contributed by atoms with Crippen LogP contribution in [0.5, 0.6) is 0 Å². The zero-order chi connectivity index (χ0) is 24.2. The summed E-state index contributed by atoms with van der Waals surface area (Å²) in [5.74, 6) is -0.823. The average Bonchev–Trinajstić information content (AvgIpc) is 3.21. The molecule has 0 radical (unpaired) electrons. The van der Waals surface area contributed by atoms with Crippen molar-refractivity contribution in [3.63, 3.8) is 0 Å². The summed E-state index contributed by atoms with van der Waals surface area (Å²) in [5.41, 5.74) is 1.23. The van der Waals surface area contributed by atoms with Crippen molar-refractivity contribution in [3.05, 3.63) is 24.0 Å². The van der Waals surface area contributed by atoms with E-state index in [1.54, 1.807) is 11.0 Å². The van der Waals surface area contributed by atoms with E-state index in [1.807, 2.05) is 0 Å². The van der Waals surface area contributed by atoms with Crippen LogP contribution in [0, 0.1) is 11.3 Å². The maximum atomic E-state index is 13.1. The fourth-order valence-corrected chi connectivity index (χ4v) is 4.93. The second kappa shape index (κ2) is 10.4. The number of likely N-dealkylation sites (tertiary alicyclic amines) is 1. The van der Waals surface area contributed by atoms with E-state index in [0.717, 1.165) is 25.7 Å². The molecule has 2 heterocycles. The Labute approximate surface area is 194 Å². The van der Waals surface area contributed by atoms with Crippen LogP contribution in [-0.4, -0.2) is 70.1 Å². The van der Waals surface area contributed by atoms with Crippen LogP contribution in [0.15, 0.2) is 18.5 Å². The number of anilines is 1. The number of pyridine rings is 1. The lowest BCUT2D eigenvalue weighted by Crippen LogP contribution is -2.51. The number of carbonyl (C=O) groups excluding carboxylic acids is 3. The average molecular weight is 459 g/mol. The van der Waals surface area contributed by atoms with Crippen molar-refractivity contribution in [2.45, 2.75) is 65.0 Å². The van der Waals surface area contributed by atoms with Crippen molar-refractivity contribution in [2.24, 2.45) is 11.3 Å². The number of hydrogen-bond donors (Lipinski definition) is 4. The highest BCUT2D eigenvalue weighted by atomic mass is 16.3. The lowest BCUT2D eigenvalue weighted by atomic mass is 9.75. The third kappa shape index (κ3) is 6.16. The van der Waals surface area contributed by atoms with Crippen LogP contribution < -0.4 is 16.0 Å². The quantitative estimate of drug-likeness (QED) is 0.402. The summed E-state index contributed by atoms with van der Waals surface area (Å²) in [4.78, 5) is 43.5. The summed E-state index contributed by atoms with van der Waals surface area (Å²) in [6.45, 7) is 5.98. The van der Waals surface area contributed by atoms with E-state index in [-0.39, 0.29) is 53.8 Å². The third-order valence-corrected chi connectivity index (χ3v) is 6.74. The molecule has 1 aliphatic heterocycles. The number of nitrogens with two attached hydrogens (primary N) is 1. The van der Waals surface area contributed by atoms with Gasteiger partial charge in [-0.1, -0.05) is 20.3 Å². The normalized spacial score (nSPS) is 24.2. The Hall–Kier alpha value is -2.81. The van der Waals surface area contributed by atoms with Crippen LogP contribution in [0.2, 0.25) is 0 Å². The number of hydrogen-bond acceptors (Lipinski definition) is 6. The summed E-state index contributed by atoms with van der Waals surface area (Å²) in [6, 6.07) is 1.11. The molecule has 0 aromatic carbocycles. The second-order valence-corrected chi connectivity index (χ2v) is 10.1. The van der Waals surface area contributed by atoms with Gasteiger partial charge >= 0.3 is 0 Å². The largest absolute Gasteiger partial charge is 0.396 e. The first kappa shape index (κ1) is 24.8. The highest BCUT2D eigenvalue weighted by Crippen LogP contribution is 2.35. The summed E-state index contributed by atoms with van der Waals surface area (Å²) in [5, 5.41) is 21.7. The van der Waals surface area contributed by atoms with Crippen LogP contribution in [0.25, 0.3) is 0 Å². The smallest absolute Gasteiger partial charge is 0.249 e. The maximum Gasteiger partial charge on any atom is 0.249 e. The second-order valence-electron chi connectivity index (χ2n) is 10.1. The van der Waals surface area contributed by atoms with Crippen LogP contribution in [0.4, 0.5) is 5.69 Å². The number of Topliss-reactive ketones (excluding diaryl/α,β-unsaturated/α-hetero) is 1. The maximum absolute atomic E-state index is 13.1. The number of nitrogens with one attached hydrogen (secondary N) is 2. The van der Waals surface area contributed by atoms with E-state index < -0.39 is 6.04 Å². The van der Waals surface area contributed by atoms with Gasteiger partial charge in [0, 0.05) is 38.2 Å². The number of rotatable bonds is 8. The van der Waals surface area contributed by atoms with Gasteiger partial charge in [-0.15, -0.1) is 0 Å². The van der Waals surface area contributed by atoms with Crippen molar-refractivity contribution in [1.82, 2.24) is 15.2 Å². The third-order valence-electron chi connectivity index (χ3n) is 6.74. The van der Waals surface area contributed by atoms with Gasteiger partial charge in [-0.2, -0.15) is 0 Å². The number of aliphatic hydroxyl groups is 1. The fourth-order valence-electron chi connectivity index (χ4n) is 4.93. The molecular weight excluding hydrogens is 422 g/mol. The zero-order valence-electron chi connectivity index (χ0n) is 19.8. The van der Waals surface area contributed by atoms with Crippen molar-refractivity contribution in [3.8, 4) is 0 Å². The molecule has 1 saturated carbocycles. The molecule has 180 valence electrons. The molecule has 1 aromatic heterocycles. The Morgan fingerprint density at radius 3 is 2.76 bits per heavy atom. The molecule has 2 aliphatic rings. The number of nitrogens with zero attached hydrogens (tertiary/aromatic N) is 2. The van der Waals surface area contributed by atoms with Crippen molar-refractivity contribution >= 4 is 29.0 Å². The van der Waals surface area contributed by atoms with Gasteiger partial charge in [0.05, 0.1) is 24.0 Å². The first-order chi connectivity index (χ1) is 15.6. The summed E-state index contributed by atoms with van der Waals surface area (Å²) in [6.07, 6.45) is 7.55.